The molecular weight excluding hydrogens is 310 g/mol. The zero-order chi connectivity index (χ0) is 18.6. The Bertz CT molecular complexity index is 315. The average Bonchev–Trinajstić information content (AvgIpc) is 2.60. The first-order chi connectivity index (χ1) is 12.2. The molecule has 0 aromatic carbocycles. The van der Waals surface area contributed by atoms with Crippen molar-refractivity contribution in [3.05, 3.63) is 12.2 Å². The zero-order valence-corrected chi connectivity index (χ0v) is 16.7. The van der Waals surface area contributed by atoms with Crippen LogP contribution in [0.4, 0.5) is 0 Å². The largest absolute Gasteiger partial charge is 0.396 e. The van der Waals surface area contributed by atoms with E-state index >= 15 is 0 Å². The number of carbonyl (C=O) groups is 1. The molecule has 0 rings (SSSR count). The van der Waals surface area contributed by atoms with Crippen LogP contribution in [-0.2, 0) is 4.79 Å². The number of rotatable bonds is 19. The van der Waals surface area contributed by atoms with Crippen LogP contribution in [0.25, 0.3) is 0 Å². The highest BCUT2D eigenvalue weighted by Crippen LogP contribution is 2.13. The van der Waals surface area contributed by atoms with Crippen molar-refractivity contribution in [2.75, 3.05) is 6.61 Å². The van der Waals surface area contributed by atoms with E-state index in [-0.39, 0.29) is 12.5 Å². The van der Waals surface area contributed by atoms with Crippen LogP contribution < -0.4 is 5.73 Å². The Morgan fingerprint density at radius 3 is 1.80 bits per heavy atom. The Balaban J connectivity index is 3.19. The summed E-state index contributed by atoms with van der Waals surface area (Å²) < 4.78 is 0. The molecule has 3 heteroatoms. The van der Waals surface area contributed by atoms with Gasteiger partial charge in [0.1, 0.15) is 0 Å². The molecule has 0 spiro atoms. The minimum atomic E-state index is -0.165. The maximum atomic E-state index is 10.6. The molecule has 0 aromatic heterocycles. The standard InChI is InChI=1S/C22H43NO2/c1-2-17-21(20-24)18-15-13-11-9-7-5-3-4-6-8-10-12-14-16-19-22(23)25/h15,18,21,24H,2-14,16-17,19-20H2,1H3,(H2,23,25). The Hall–Kier alpha value is -0.830. The molecule has 1 amide bonds. The predicted molar refractivity (Wildman–Crippen MR) is 108 cm³/mol. The summed E-state index contributed by atoms with van der Waals surface area (Å²) in [5.41, 5.74) is 5.12. The van der Waals surface area contributed by atoms with E-state index in [1.54, 1.807) is 0 Å². The first-order valence-electron chi connectivity index (χ1n) is 10.8. The van der Waals surface area contributed by atoms with Gasteiger partial charge < -0.3 is 10.8 Å². The Morgan fingerprint density at radius 2 is 1.36 bits per heavy atom. The maximum Gasteiger partial charge on any atom is 0.217 e. The Labute approximate surface area is 156 Å². The lowest BCUT2D eigenvalue weighted by atomic mass is 10.0. The molecule has 1 unspecified atom stereocenters. The number of primary amides is 1. The summed E-state index contributed by atoms with van der Waals surface area (Å²) in [6.07, 6.45) is 23.9. The third-order valence-corrected chi connectivity index (χ3v) is 4.85. The van der Waals surface area contributed by atoms with Crippen molar-refractivity contribution in [2.24, 2.45) is 11.7 Å². The summed E-state index contributed by atoms with van der Waals surface area (Å²) in [6.45, 7) is 2.46. The molecule has 25 heavy (non-hydrogen) atoms. The number of aliphatic hydroxyl groups excluding tert-OH is 1. The molecule has 1 atom stereocenters. The number of hydrogen-bond donors (Lipinski definition) is 2. The third kappa shape index (κ3) is 19.3. The molecule has 0 fully saturated rings. The molecule has 0 aromatic rings. The molecule has 3 nitrogen and oxygen atoms in total. The van der Waals surface area contributed by atoms with Gasteiger partial charge in [0.2, 0.25) is 5.91 Å². The highest BCUT2D eigenvalue weighted by molar-refractivity contribution is 5.73. The maximum absolute atomic E-state index is 10.6. The molecule has 0 aliphatic rings. The lowest BCUT2D eigenvalue weighted by Gasteiger charge is -2.06. The highest BCUT2D eigenvalue weighted by atomic mass is 16.3. The molecule has 0 saturated heterocycles. The van der Waals surface area contributed by atoms with Gasteiger partial charge in [-0.25, -0.2) is 0 Å². The summed E-state index contributed by atoms with van der Waals surface area (Å²) in [4.78, 5) is 10.6. The van der Waals surface area contributed by atoms with Gasteiger partial charge in [-0.3, -0.25) is 4.79 Å². The van der Waals surface area contributed by atoms with Crippen molar-refractivity contribution in [1.29, 1.82) is 0 Å². The molecule has 0 saturated carbocycles. The Kier molecular flexibility index (Phi) is 18.8. The van der Waals surface area contributed by atoms with Crippen LogP contribution in [0, 0.1) is 5.92 Å². The third-order valence-electron chi connectivity index (χ3n) is 4.85. The first-order valence-corrected chi connectivity index (χ1v) is 10.8. The minimum absolute atomic E-state index is 0.165. The smallest absolute Gasteiger partial charge is 0.217 e. The number of hydrogen-bond acceptors (Lipinski definition) is 2. The quantitative estimate of drug-likeness (QED) is 0.224. The second-order valence-electron chi connectivity index (χ2n) is 7.41. The second kappa shape index (κ2) is 19.5. The molecule has 148 valence electrons. The normalized spacial score (nSPS) is 12.7. The van der Waals surface area contributed by atoms with Gasteiger partial charge in [-0.05, 0) is 31.6 Å². The van der Waals surface area contributed by atoms with Gasteiger partial charge in [-0.15, -0.1) is 0 Å². The number of unbranched alkanes of at least 4 members (excludes halogenated alkanes) is 12. The van der Waals surface area contributed by atoms with Gasteiger partial charge >= 0.3 is 0 Å². The highest BCUT2D eigenvalue weighted by Gasteiger charge is 2.00. The van der Waals surface area contributed by atoms with Crippen LogP contribution >= 0.6 is 0 Å². The molecule has 3 N–H and O–H groups in total. The molecule has 0 heterocycles. The SMILES string of the molecule is CCCC(C=CCCCCCCCCCCCCCCC(N)=O)CO. The lowest BCUT2D eigenvalue weighted by molar-refractivity contribution is -0.118. The van der Waals surface area contributed by atoms with Gasteiger partial charge in [-0.2, -0.15) is 0 Å². The first kappa shape index (κ1) is 24.2. The van der Waals surface area contributed by atoms with Crippen molar-refractivity contribution in [3.8, 4) is 0 Å². The van der Waals surface area contributed by atoms with E-state index in [1.807, 2.05) is 0 Å². The van der Waals surface area contributed by atoms with E-state index in [2.05, 4.69) is 19.1 Å². The molecule has 0 radical (unpaired) electrons. The number of nitrogens with two attached hydrogens (primary N) is 1. The van der Waals surface area contributed by atoms with Crippen molar-refractivity contribution < 1.29 is 9.90 Å². The lowest BCUT2D eigenvalue weighted by Crippen LogP contribution is -2.09. The number of allylic oxidation sites excluding steroid dienone is 1. The predicted octanol–water partition coefficient (Wildman–Crippen LogP) is 5.90. The van der Waals surface area contributed by atoms with Crippen molar-refractivity contribution in [3.63, 3.8) is 0 Å². The van der Waals surface area contributed by atoms with Crippen molar-refractivity contribution >= 4 is 5.91 Å². The van der Waals surface area contributed by atoms with Gasteiger partial charge in [-0.1, -0.05) is 89.7 Å². The van der Waals surface area contributed by atoms with Crippen molar-refractivity contribution in [1.82, 2.24) is 0 Å². The van der Waals surface area contributed by atoms with Crippen LogP contribution in [0.5, 0.6) is 0 Å². The summed E-state index contributed by atoms with van der Waals surface area (Å²) in [7, 11) is 0. The van der Waals surface area contributed by atoms with Gasteiger partial charge in [0.05, 0.1) is 0 Å². The van der Waals surface area contributed by atoms with E-state index in [1.165, 1.54) is 64.2 Å². The van der Waals surface area contributed by atoms with Crippen LogP contribution in [0.1, 0.15) is 110 Å². The second-order valence-corrected chi connectivity index (χ2v) is 7.41. The summed E-state index contributed by atoms with van der Waals surface area (Å²) >= 11 is 0. The van der Waals surface area contributed by atoms with Gasteiger partial charge in [0.15, 0.2) is 0 Å². The Morgan fingerprint density at radius 1 is 0.880 bits per heavy atom. The van der Waals surface area contributed by atoms with E-state index in [0.717, 1.165) is 32.1 Å². The monoisotopic (exact) mass is 353 g/mol. The fourth-order valence-corrected chi connectivity index (χ4v) is 3.24. The van der Waals surface area contributed by atoms with Crippen LogP contribution in [0.3, 0.4) is 0 Å². The topological polar surface area (TPSA) is 63.3 Å². The molecule has 0 aliphatic carbocycles. The zero-order valence-electron chi connectivity index (χ0n) is 16.7. The van der Waals surface area contributed by atoms with Gasteiger partial charge in [0.25, 0.3) is 0 Å². The van der Waals surface area contributed by atoms with Crippen molar-refractivity contribution in [2.45, 2.75) is 110 Å². The summed E-state index contributed by atoms with van der Waals surface area (Å²) in [5.74, 6) is 0.204. The van der Waals surface area contributed by atoms with E-state index in [4.69, 9.17) is 5.73 Å². The molecular formula is C22H43NO2. The fraction of sp³-hybridized carbons (Fsp3) is 0.864. The molecule has 0 bridgehead atoms. The minimum Gasteiger partial charge on any atom is -0.396 e. The van der Waals surface area contributed by atoms with Gasteiger partial charge in [0, 0.05) is 13.0 Å². The molecule has 0 aliphatic heterocycles. The van der Waals surface area contributed by atoms with E-state index in [0.29, 0.717) is 12.3 Å². The summed E-state index contributed by atoms with van der Waals surface area (Å²) in [5, 5.41) is 9.22. The number of carbonyl (C=O) groups excluding carboxylic acids is 1. The summed E-state index contributed by atoms with van der Waals surface area (Å²) in [6, 6.07) is 0. The number of amides is 1. The van der Waals surface area contributed by atoms with E-state index < -0.39 is 0 Å². The number of aliphatic hydroxyl groups is 1. The van der Waals surface area contributed by atoms with Crippen LogP contribution in [0.2, 0.25) is 0 Å². The fourth-order valence-electron chi connectivity index (χ4n) is 3.24. The average molecular weight is 354 g/mol. The van der Waals surface area contributed by atoms with Crippen LogP contribution in [-0.4, -0.2) is 17.6 Å². The van der Waals surface area contributed by atoms with E-state index in [9.17, 15) is 9.90 Å². The van der Waals surface area contributed by atoms with Crippen LogP contribution in [0.15, 0.2) is 12.2 Å².